The highest BCUT2D eigenvalue weighted by Crippen LogP contribution is 2.17. The van der Waals surface area contributed by atoms with Gasteiger partial charge in [0.15, 0.2) is 5.82 Å². The zero-order valence-corrected chi connectivity index (χ0v) is 10.1. The van der Waals surface area contributed by atoms with Crippen LogP contribution in [0.2, 0.25) is 0 Å². The van der Waals surface area contributed by atoms with Gasteiger partial charge in [-0.25, -0.2) is 8.42 Å². The molecule has 0 spiro atoms. The lowest BCUT2D eigenvalue weighted by Crippen LogP contribution is -2.06. The van der Waals surface area contributed by atoms with Gasteiger partial charge >= 0.3 is 0 Å². The number of hydrogen-bond donors (Lipinski definition) is 2. The van der Waals surface area contributed by atoms with E-state index in [0.717, 1.165) is 0 Å². The maximum atomic E-state index is 11.6. The largest absolute Gasteiger partial charge is 0.399 e. The van der Waals surface area contributed by atoms with Gasteiger partial charge in [-0.2, -0.15) is 4.98 Å². The molecule has 0 aliphatic carbocycles. The van der Waals surface area contributed by atoms with E-state index in [-0.39, 0.29) is 5.16 Å². The van der Waals surface area contributed by atoms with Crippen molar-refractivity contribution < 1.29 is 8.42 Å². The fraction of sp³-hybridized carbons (Fsp3) is 0.0909. The first-order valence-electron chi connectivity index (χ1n) is 4.97. The number of nitrogens with two attached hydrogens (primary N) is 1. The number of aromatic amines is 1. The Balaban J connectivity index is 2.37. The first-order valence-corrected chi connectivity index (χ1v) is 6.63. The second-order valence-electron chi connectivity index (χ2n) is 3.55. The summed E-state index contributed by atoms with van der Waals surface area (Å²) in [6, 6.07) is 6.81. The van der Waals surface area contributed by atoms with Gasteiger partial charge in [0.2, 0.25) is 9.84 Å². The van der Waals surface area contributed by atoms with Crippen molar-refractivity contribution in [2.45, 2.75) is 5.16 Å². The highest BCUT2D eigenvalue weighted by atomic mass is 32.2. The SMILES string of the molecule is C#CCS(=O)(=O)c1n[nH]c(-c2ccc(N)cc2)n1. The lowest BCUT2D eigenvalue weighted by molar-refractivity contribution is 0.591. The fourth-order valence-corrected chi connectivity index (χ4v) is 2.09. The number of aromatic nitrogens is 3. The molecule has 18 heavy (non-hydrogen) atoms. The molecule has 1 aromatic heterocycles. The number of nitrogens with zero attached hydrogens (tertiary/aromatic N) is 2. The molecule has 0 amide bonds. The monoisotopic (exact) mass is 262 g/mol. The third-order valence-electron chi connectivity index (χ3n) is 2.20. The summed E-state index contributed by atoms with van der Waals surface area (Å²) in [6.45, 7) is 0. The second kappa shape index (κ2) is 4.50. The lowest BCUT2D eigenvalue weighted by Gasteiger charge is -1.96. The van der Waals surface area contributed by atoms with Crippen LogP contribution in [0.4, 0.5) is 5.69 Å². The molecule has 1 heterocycles. The van der Waals surface area contributed by atoms with Crippen LogP contribution in [0, 0.1) is 12.3 Å². The Hall–Kier alpha value is -2.33. The molecule has 92 valence electrons. The van der Waals surface area contributed by atoms with Gasteiger partial charge in [-0.3, -0.25) is 5.10 Å². The summed E-state index contributed by atoms with van der Waals surface area (Å²) in [5.74, 6) is 1.99. The van der Waals surface area contributed by atoms with E-state index < -0.39 is 15.6 Å². The van der Waals surface area contributed by atoms with Crippen molar-refractivity contribution in [3.8, 4) is 23.7 Å². The van der Waals surface area contributed by atoms with E-state index in [9.17, 15) is 8.42 Å². The van der Waals surface area contributed by atoms with Crippen LogP contribution in [0.3, 0.4) is 0 Å². The molecule has 3 N–H and O–H groups in total. The Morgan fingerprint density at radius 3 is 2.61 bits per heavy atom. The Kier molecular flexibility index (Phi) is 3.04. The van der Waals surface area contributed by atoms with Crippen molar-refractivity contribution in [3.05, 3.63) is 24.3 Å². The summed E-state index contributed by atoms with van der Waals surface area (Å²) in [4.78, 5) is 3.91. The smallest absolute Gasteiger partial charge is 0.268 e. The van der Waals surface area contributed by atoms with E-state index >= 15 is 0 Å². The Labute approximate surface area is 104 Å². The predicted molar refractivity (Wildman–Crippen MR) is 67.1 cm³/mol. The normalized spacial score (nSPS) is 11.1. The van der Waals surface area contributed by atoms with E-state index in [1.54, 1.807) is 24.3 Å². The predicted octanol–water partition coefficient (Wildman–Crippen LogP) is 0.461. The van der Waals surface area contributed by atoms with Gasteiger partial charge in [-0.15, -0.1) is 11.5 Å². The molecule has 0 saturated carbocycles. The van der Waals surface area contributed by atoms with E-state index in [2.05, 4.69) is 21.1 Å². The third-order valence-corrected chi connectivity index (χ3v) is 3.49. The highest BCUT2D eigenvalue weighted by Gasteiger charge is 2.19. The number of sulfone groups is 1. The van der Waals surface area contributed by atoms with Crippen molar-refractivity contribution in [1.82, 2.24) is 15.2 Å². The lowest BCUT2D eigenvalue weighted by atomic mass is 10.2. The number of rotatable bonds is 3. The van der Waals surface area contributed by atoms with E-state index in [1.807, 2.05) is 0 Å². The van der Waals surface area contributed by atoms with Crippen LogP contribution >= 0.6 is 0 Å². The number of terminal acetylenes is 1. The summed E-state index contributed by atoms with van der Waals surface area (Å²) in [7, 11) is -3.62. The average molecular weight is 262 g/mol. The Morgan fingerprint density at radius 2 is 2.00 bits per heavy atom. The summed E-state index contributed by atoms with van der Waals surface area (Å²) < 4.78 is 23.2. The molecule has 0 bridgehead atoms. The minimum absolute atomic E-state index is 0.299. The molecule has 0 fully saturated rings. The zero-order chi connectivity index (χ0) is 13.2. The molecule has 6 nitrogen and oxygen atoms in total. The molecule has 0 saturated heterocycles. The van der Waals surface area contributed by atoms with Crippen LogP contribution in [0.25, 0.3) is 11.4 Å². The van der Waals surface area contributed by atoms with Crippen molar-refractivity contribution >= 4 is 15.5 Å². The van der Waals surface area contributed by atoms with Crippen molar-refractivity contribution in [2.24, 2.45) is 0 Å². The van der Waals surface area contributed by atoms with E-state index in [0.29, 0.717) is 17.1 Å². The molecule has 2 rings (SSSR count). The molecule has 0 aliphatic rings. The van der Waals surface area contributed by atoms with Crippen LogP contribution in [-0.4, -0.2) is 29.4 Å². The van der Waals surface area contributed by atoms with Gasteiger partial charge in [-0.05, 0) is 24.3 Å². The quantitative estimate of drug-likeness (QED) is 0.618. The minimum atomic E-state index is -3.62. The maximum absolute atomic E-state index is 11.6. The third kappa shape index (κ3) is 2.33. The fourth-order valence-electron chi connectivity index (χ4n) is 1.33. The molecular formula is C11H10N4O2S. The van der Waals surface area contributed by atoms with Crippen LogP contribution in [0.5, 0.6) is 0 Å². The first-order chi connectivity index (χ1) is 8.53. The van der Waals surface area contributed by atoms with Crippen LogP contribution in [-0.2, 0) is 9.84 Å². The van der Waals surface area contributed by atoms with Gasteiger partial charge in [0.05, 0.1) is 0 Å². The zero-order valence-electron chi connectivity index (χ0n) is 9.29. The summed E-state index contributed by atoms with van der Waals surface area (Å²) >= 11 is 0. The maximum Gasteiger partial charge on any atom is 0.268 e. The molecular weight excluding hydrogens is 252 g/mol. The first kappa shape index (κ1) is 12.1. The van der Waals surface area contributed by atoms with E-state index in [1.165, 1.54) is 0 Å². The van der Waals surface area contributed by atoms with Gasteiger partial charge in [-0.1, -0.05) is 5.92 Å². The second-order valence-corrected chi connectivity index (χ2v) is 5.44. The number of anilines is 1. The highest BCUT2D eigenvalue weighted by molar-refractivity contribution is 7.91. The number of hydrogen-bond acceptors (Lipinski definition) is 5. The minimum Gasteiger partial charge on any atom is -0.399 e. The number of H-pyrrole nitrogens is 1. The summed E-state index contributed by atoms with van der Waals surface area (Å²) in [5.41, 5.74) is 6.86. The van der Waals surface area contributed by atoms with Crippen molar-refractivity contribution in [1.29, 1.82) is 0 Å². The van der Waals surface area contributed by atoms with Gasteiger partial charge in [0.25, 0.3) is 5.16 Å². The molecule has 0 atom stereocenters. The van der Waals surface area contributed by atoms with Crippen molar-refractivity contribution in [3.63, 3.8) is 0 Å². The van der Waals surface area contributed by atoms with Crippen LogP contribution in [0.15, 0.2) is 29.4 Å². The topological polar surface area (TPSA) is 102 Å². The van der Waals surface area contributed by atoms with Gasteiger partial charge in [0.1, 0.15) is 5.75 Å². The Bertz CT molecular complexity index is 695. The average Bonchev–Trinajstić information content (AvgIpc) is 2.80. The summed E-state index contributed by atoms with van der Waals surface area (Å²) in [6.07, 6.45) is 4.98. The van der Waals surface area contributed by atoms with E-state index in [4.69, 9.17) is 12.2 Å². The van der Waals surface area contributed by atoms with Crippen LogP contribution in [0.1, 0.15) is 0 Å². The summed E-state index contributed by atoms with van der Waals surface area (Å²) in [5, 5.41) is 5.91. The molecule has 0 unspecified atom stereocenters. The molecule has 0 radical (unpaired) electrons. The van der Waals surface area contributed by atoms with Gasteiger partial charge in [0, 0.05) is 11.3 Å². The Morgan fingerprint density at radius 1 is 1.33 bits per heavy atom. The molecule has 0 aliphatic heterocycles. The molecule has 2 aromatic rings. The van der Waals surface area contributed by atoms with Crippen LogP contribution < -0.4 is 5.73 Å². The number of nitrogens with one attached hydrogen (secondary N) is 1. The number of benzene rings is 1. The van der Waals surface area contributed by atoms with Crippen molar-refractivity contribution in [2.75, 3.05) is 11.5 Å². The number of nitrogen functional groups attached to an aromatic ring is 1. The molecule has 7 heteroatoms. The molecule has 1 aromatic carbocycles. The standard InChI is InChI=1S/C11H10N4O2S/c1-2-7-18(16,17)11-13-10(14-15-11)8-3-5-9(12)6-4-8/h1,3-6H,7,12H2,(H,13,14,15). The van der Waals surface area contributed by atoms with Gasteiger partial charge < -0.3 is 5.73 Å².